The van der Waals surface area contributed by atoms with Crippen LogP contribution in [-0.4, -0.2) is 22.9 Å². The highest BCUT2D eigenvalue weighted by Crippen LogP contribution is 2.26. The van der Waals surface area contributed by atoms with Crippen molar-refractivity contribution in [3.05, 3.63) is 23.8 Å². The van der Waals surface area contributed by atoms with Gasteiger partial charge in [0.05, 0.1) is 6.10 Å². The molecule has 0 fully saturated rings. The fraction of sp³-hybridized carbons (Fsp3) is 0.556. The summed E-state index contributed by atoms with van der Waals surface area (Å²) in [5, 5.41) is 18.0. The lowest BCUT2D eigenvalue weighted by Gasteiger charge is -2.11. The van der Waals surface area contributed by atoms with Crippen LogP contribution in [0.4, 0.5) is 0 Å². The van der Waals surface area contributed by atoms with Gasteiger partial charge in [0, 0.05) is 12.5 Å². The van der Waals surface area contributed by atoms with E-state index in [1.165, 1.54) is 0 Å². The van der Waals surface area contributed by atoms with Gasteiger partial charge in [0.15, 0.2) is 0 Å². The Morgan fingerprint density at radius 2 is 2.27 bits per heavy atom. The molecule has 1 aliphatic carbocycles. The molecule has 0 amide bonds. The molecule has 2 nitrogen and oxygen atoms in total. The molecule has 2 atom stereocenters. The van der Waals surface area contributed by atoms with E-state index in [1.807, 2.05) is 19.1 Å². The number of hydrogen-bond acceptors (Lipinski definition) is 2. The van der Waals surface area contributed by atoms with Crippen molar-refractivity contribution in [1.82, 2.24) is 0 Å². The minimum absolute atomic E-state index is 0.180. The lowest BCUT2D eigenvalue weighted by molar-refractivity contribution is 0.244. The third-order valence-corrected chi connectivity index (χ3v) is 2.07. The van der Waals surface area contributed by atoms with Crippen LogP contribution in [0.1, 0.15) is 13.3 Å². The summed E-state index contributed by atoms with van der Waals surface area (Å²) < 4.78 is 0. The number of aliphatic hydroxyl groups is 2. The van der Waals surface area contributed by atoms with Gasteiger partial charge in [0.25, 0.3) is 0 Å². The standard InChI is InChI=1S/C9H14O2/c1-2-8-7(5-6-10)3-4-9(8)11/h2-4,7,9-11H,5-6H2,1H3/b8-2-. The Kier molecular flexibility index (Phi) is 2.85. The van der Waals surface area contributed by atoms with E-state index in [1.54, 1.807) is 6.08 Å². The van der Waals surface area contributed by atoms with Crippen molar-refractivity contribution in [2.45, 2.75) is 19.4 Å². The minimum Gasteiger partial charge on any atom is -0.396 e. The molecule has 0 aliphatic heterocycles. The molecule has 0 radical (unpaired) electrons. The van der Waals surface area contributed by atoms with Crippen LogP contribution in [0.2, 0.25) is 0 Å². The second kappa shape index (κ2) is 3.69. The van der Waals surface area contributed by atoms with Crippen LogP contribution < -0.4 is 0 Å². The molecule has 0 aromatic carbocycles. The summed E-state index contributed by atoms with van der Waals surface area (Å²) in [5.74, 6) is 0.250. The van der Waals surface area contributed by atoms with Gasteiger partial charge in [-0.05, 0) is 18.9 Å². The SMILES string of the molecule is C/C=C1\C(O)C=CC1CCO. The topological polar surface area (TPSA) is 40.5 Å². The molecular weight excluding hydrogens is 140 g/mol. The summed E-state index contributed by atoms with van der Waals surface area (Å²) in [7, 11) is 0. The van der Waals surface area contributed by atoms with Crippen molar-refractivity contribution in [2.24, 2.45) is 5.92 Å². The quantitative estimate of drug-likeness (QED) is 0.579. The molecule has 0 aromatic rings. The van der Waals surface area contributed by atoms with Crippen LogP contribution in [0, 0.1) is 5.92 Å². The first kappa shape index (κ1) is 8.50. The molecule has 0 saturated heterocycles. The average molecular weight is 154 g/mol. The monoisotopic (exact) mass is 154 g/mol. The van der Waals surface area contributed by atoms with E-state index in [4.69, 9.17) is 5.11 Å². The van der Waals surface area contributed by atoms with Gasteiger partial charge in [-0.3, -0.25) is 0 Å². The molecule has 2 heteroatoms. The minimum atomic E-state index is -0.420. The zero-order chi connectivity index (χ0) is 8.27. The van der Waals surface area contributed by atoms with Crippen LogP contribution in [0.25, 0.3) is 0 Å². The molecule has 2 unspecified atom stereocenters. The Morgan fingerprint density at radius 3 is 2.82 bits per heavy atom. The van der Waals surface area contributed by atoms with Crippen LogP contribution in [0.3, 0.4) is 0 Å². The number of aliphatic hydroxyl groups excluding tert-OH is 2. The third-order valence-electron chi connectivity index (χ3n) is 2.07. The van der Waals surface area contributed by atoms with Gasteiger partial charge >= 0.3 is 0 Å². The molecule has 11 heavy (non-hydrogen) atoms. The Hall–Kier alpha value is -0.600. The van der Waals surface area contributed by atoms with Crippen LogP contribution >= 0.6 is 0 Å². The zero-order valence-corrected chi connectivity index (χ0v) is 6.70. The van der Waals surface area contributed by atoms with Gasteiger partial charge in [-0.2, -0.15) is 0 Å². The lowest BCUT2D eigenvalue weighted by Crippen LogP contribution is -2.08. The first-order valence-electron chi connectivity index (χ1n) is 3.93. The second-order valence-corrected chi connectivity index (χ2v) is 2.74. The van der Waals surface area contributed by atoms with Gasteiger partial charge < -0.3 is 10.2 Å². The Bertz CT molecular complexity index is 182. The predicted octanol–water partition coefficient (Wildman–Crippen LogP) is 0.862. The third kappa shape index (κ3) is 1.70. The summed E-state index contributed by atoms with van der Waals surface area (Å²) in [4.78, 5) is 0. The zero-order valence-electron chi connectivity index (χ0n) is 6.70. The maximum atomic E-state index is 9.35. The maximum absolute atomic E-state index is 9.35. The average Bonchev–Trinajstić information content (AvgIpc) is 2.33. The molecule has 0 bridgehead atoms. The van der Waals surface area contributed by atoms with Crippen molar-refractivity contribution < 1.29 is 10.2 Å². The predicted molar refractivity (Wildman–Crippen MR) is 44.1 cm³/mol. The first-order valence-corrected chi connectivity index (χ1v) is 3.93. The van der Waals surface area contributed by atoms with Gasteiger partial charge in [0.2, 0.25) is 0 Å². The van der Waals surface area contributed by atoms with Crippen molar-refractivity contribution >= 4 is 0 Å². The van der Waals surface area contributed by atoms with Gasteiger partial charge in [0.1, 0.15) is 0 Å². The largest absolute Gasteiger partial charge is 0.396 e. The number of hydrogen-bond donors (Lipinski definition) is 2. The molecule has 2 N–H and O–H groups in total. The van der Waals surface area contributed by atoms with Crippen molar-refractivity contribution in [1.29, 1.82) is 0 Å². The highest BCUT2D eigenvalue weighted by atomic mass is 16.3. The Labute approximate surface area is 66.9 Å². The maximum Gasteiger partial charge on any atom is 0.0937 e. The first-order chi connectivity index (χ1) is 5.29. The van der Waals surface area contributed by atoms with Gasteiger partial charge in [-0.25, -0.2) is 0 Å². The molecule has 0 heterocycles. The second-order valence-electron chi connectivity index (χ2n) is 2.74. The normalized spacial score (nSPS) is 33.5. The van der Waals surface area contributed by atoms with E-state index in [0.29, 0.717) is 6.42 Å². The number of allylic oxidation sites excluding steroid dienone is 2. The molecule has 1 aliphatic rings. The lowest BCUT2D eigenvalue weighted by atomic mass is 9.98. The molecular formula is C9H14O2. The van der Waals surface area contributed by atoms with E-state index in [9.17, 15) is 5.11 Å². The summed E-state index contributed by atoms with van der Waals surface area (Å²) in [6.07, 6.45) is 5.95. The fourth-order valence-corrected chi connectivity index (χ4v) is 1.47. The molecule has 1 rings (SSSR count). The number of rotatable bonds is 2. The van der Waals surface area contributed by atoms with Crippen molar-refractivity contribution in [3.63, 3.8) is 0 Å². The van der Waals surface area contributed by atoms with E-state index < -0.39 is 6.10 Å². The molecule has 0 saturated carbocycles. The van der Waals surface area contributed by atoms with Gasteiger partial charge in [-0.15, -0.1) is 0 Å². The summed E-state index contributed by atoms with van der Waals surface area (Å²) >= 11 is 0. The van der Waals surface area contributed by atoms with Crippen molar-refractivity contribution in [2.75, 3.05) is 6.61 Å². The fourth-order valence-electron chi connectivity index (χ4n) is 1.47. The van der Waals surface area contributed by atoms with Crippen LogP contribution in [0.15, 0.2) is 23.8 Å². The van der Waals surface area contributed by atoms with E-state index >= 15 is 0 Å². The van der Waals surface area contributed by atoms with Crippen molar-refractivity contribution in [3.8, 4) is 0 Å². The molecule has 0 aromatic heterocycles. The van der Waals surface area contributed by atoms with Gasteiger partial charge in [-0.1, -0.05) is 18.2 Å². The Morgan fingerprint density at radius 1 is 1.55 bits per heavy atom. The summed E-state index contributed by atoms with van der Waals surface area (Å²) in [6.45, 7) is 2.09. The van der Waals surface area contributed by atoms with E-state index in [0.717, 1.165) is 5.57 Å². The van der Waals surface area contributed by atoms with Crippen LogP contribution in [-0.2, 0) is 0 Å². The molecule has 0 spiro atoms. The highest BCUT2D eigenvalue weighted by Gasteiger charge is 2.21. The van der Waals surface area contributed by atoms with E-state index in [-0.39, 0.29) is 12.5 Å². The summed E-state index contributed by atoms with van der Waals surface area (Å²) in [5.41, 5.74) is 1.01. The van der Waals surface area contributed by atoms with E-state index in [2.05, 4.69) is 0 Å². The molecule has 62 valence electrons. The summed E-state index contributed by atoms with van der Waals surface area (Å²) in [6, 6.07) is 0. The highest BCUT2D eigenvalue weighted by molar-refractivity contribution is 5.28. The Balaban J connectivity index is 2.61. The smallest absolute Gasteiger partial charge is 0.0937 e. The van der Waals surface area contributed by atoms with Crippen LogP contribution in [0.5, 0.6) is 0 Å².